The van der Waals surface area contributed by atoms with Gasteiger partial charge in [-0.1, -0.05) is 45.9 Å². The Balaban J connectivity index is 2.03. The zero-order chi connectivity index (χ0) is 14.0. The molecule has 0 saturated heterocycles. The van der Waals surface area contributed by atoms with E-state index in [0.717, 1.165) is 16.5 Å². The highest BCUT2D eigenvalue weighted by Crippen LogP contribution is 2.69. The van der Waals surface area contributed by atoms with Gasteiger partial charge in [-0.15, -0.1) is 0 Å². The fourth-order valence-electron chi connectivity index (χ4n) is 3.32. The molecule has 0 atom stereocenters. The zero-order valence-corrected chi connectivity index (χ0v) is 12.2. The minimum atomic E-state index is 0.0537. The molecule has 1 aliphatic rings. The lowest BCUT2D eigenvalue weighted by atomic mass is 10.0. The lowest BCUT2D eigenvalue weighted by molar-refractivity contribution is 0.0919. The summed E-state index contributed by atoms with van der Waals surface area (Å²) in [5.41, 5.74) is 2.02. The standard InChI is InChI=1S/C17H20O2/c1-10-7-6-8-11-9-12(19-14(10)11)13(18)15-16(2,3)17(15,4)5/h6-9,15H,1-5H3. The summed E-state index contributed by atoms with van der Waals surface area (Å²) in [4.78, 5) is 12.6. The van der Waals surface area contributed by atoms with Gasteiger partial charge in [-0.3, -0.25) is 4.79 Å². The number of fused-ring (bicyclic) bond motifs is 1. The molecule has 0 amide bonds. The second-order valence-corrected chi connectivity index (χ2v) is 6.84. The van der Waals surface area contributed by atoms with Gasteiger partial charge in [-0.2, -0.15) is 0 Å². The van der Waals surface area contributed by atoms with Crippen molar-refractivity contribution in [3.63, 3.8) is 0 Å². The Bertz CT molecular complexity index is 660. The van der Waals surface area contributed by atoms with E-state index < -0.39 is 0 Å². The molecule has 3 rings (SSSR count). The molecule has 100 valence electrons. The molecule has 2 heteroatoms. The summed E-state index contributed by atoms with van der Waals surface area (Å²) in [5.74, 6) is 0.708. The number of hydrogen-bond donors (Lipinski definition) is 0. The molecule has 1 heterocycles. The van der Waals surface area contributed by atoms with Crippen LogP contribution in [0.5, 0.6) is 0 Å². The predicted octanol–water partition coefficient (Wildman–Crippen LogP) is 4.61. The maximum atomic E-state index is 12.6. The van der Waals surface area contributed by atoms with Gasteiger partial charge in [0.2, 0.25) is 5.78 Å². The third kappa shape index (κ3) is 1.52. The van der Waals surface area contributed by atoms with E-state index in [4.69, 9.17) is 4.42 Å². The normalized spacial score (nSPS) is 20.7. The highest BCUT2D eigenvalue weighted by atomic mass is 16.3. The van der Waals surface area contributed by atoms with Gasteiger partial charge in [0.25, 0.3) is 0 Å². The third-order valence-electron chi connectivity index (χ3n) is 5.27. The van der Waals surface area contributed by atoms with Gasteiger partial charge in [0.15, 0.2) is 5.76 Å². The van der Waals surface area contributed by atoms with E-state index in [1.165, 1.54) is 0 Å². The number of hydrogen-bond acceptors (Lipinski definition) is 2. The van der Waals surface area contributed by atoms with Crippen molar-refractivity contribution in [2.75, 3.05) is 0 Å². The van der Waals surface area contributed by atoms with E-state index in [-0.39, 0.29) is 22.5 Å². The Labute approximate surface area is 113 Å². The van der Waals surface area contributed by atoms with Crippen molar-refractivity contribution >= 4 is 16.8 Å². The molecular weight excluding hydrogens is 236 g/mol. The number of aryl methyl sites for hydroxylation is 1. The second kappa shape index (κ2) is 3.50. The van der Waals surface area contributed by atoms with Crippen LogP contribution in [0, 0.1) is 23.7 Å². The maximum Gasteiger partial charge on any atom is 0.202 e. The molecule has 1 saturated carbocycles. The molecule has 0 radical (unpaired) electrons. The first kappa shape index (κ1) is 12.5. The van der Waals surface area contributed by atoms with E-state index in [1.54, 1.807) is 0 Å². The molecule has 1 aromatic carbocycles. The monoisotopic (exact) mass is 256 g/mol. The van der Waals surface area contributed by atoms with Crippen molar-refractivity contribution in [1.82, 2.24) is 0 Å². The van der Waals surface area contributed by atoms with Crippen molar-refractivity contribution in [3.8, 4) is 0 Å². The van der Waals surface area contributed by atoms with Crippen molar-refractivity contribution in [2.24, 2.45) is 16.7 Å². The van der Waals surface area contributed by atoms with E-state index in [2.05, 4.69) is 27.7 Å². The van der Waals surface area contributed by atoms with Crippen LogP contribution in [0.15, 0.2) is 28.7 Å². The minimum absolute atomic E-state index is 0.0537. The maximum absolute atomic E-state index is 12.6. The molecule has 0 bridgehead atoms. The van der Waals surface area contributed by atoms with Gasteiger partial charge >= 0.3 is 0 Å². The number of para-hydroxylation sites is 1. The Hall–Kier alpha value is -1.57. The molecule has 1 aromatic heterocycles. The van der Waals surface area contributed by atoms with E-state index in [1.807, 2.05) is 31.2 Å². The summed E-state index contributed by atoms with van der Waals surface area (Å²) < 4.78 is 5.80. The van der Waals surface area contributed by atoms with Gasteiger partial charge < -0.3 is 4.42 Å². The van der Waals surface area contributed by atoms with E-state index >= 15 is 0 Å². The Morgan fingerprint density at radius 3 is 2.32 bits per heavy atom. The largest absolute Gasteiger partial charge is 0.453 e. The SMILES string of the molecule is Cc1cccc2cc(C(=O)C3C(C)(C)C3(C)C)oc12. The lowest BCUT2D eigenvalue weighted by Crippen LogP contribution is -2.06. The number of benzene rings is 1. The van der Waals surface area contributed by atoms with Crippen LogP contribution in [0.3, 0.4) is 0 Å². The Kier molecular flexibility index (Phi) is 2.30. The first-order chi connectivity index (χ1) is 8.76. The first-order valence-corrected chi connectivity index (χ1v) is 6.80. The van der Waals surface area contributed by atoms with Gasteiger partial charge in [0, 0.05) is 11.3 Å². The van der Waals surface area contributed by atoms with Crippen molar-refractivity contribution in [1.29, 1.82) is 0 Å². The smallest absolute Gasteiger partial charge is 0.202 e. The fourth-order valence-corrected chi connectivity index (χ4v) is 3.32. The molecule has 2 nitrogen and oxygen atoms in total. The Morgan fingerprint density at radius 2 is 1.79 bits per heavy atom. The van der Waals surface area contributed by atoms with E-state index in [0.29, 0.717) is 5.76 Å². The highest BCUT2D eigenvalue weighted by Gasteiger charge is 2.68. The van der Waals surface area contributed by atoms with Gasteiger partial charge in [0.05, 0.1) is 0 Å². The number of rotatable bonds is 2. The minimum Gasteiger partial charge on any atom is -0.453 e. The number of carbonyl (C=O) groups excluding carboxylic acids is 1. The van der Waals surface area contributed by atoms with Gasteiger partial charge in [-0.25, -0.2) is 0 Å². The van der Waals surface area contributed by atoms with Crippen molar-refractivity contribution in [2.45, 2.75) is 34.6 Å². The van der Waals surface area contributed by atoms with E-state index in [9.17, 15) is 4.79 Å². The second-order valence-electron chi connectivity index (χ2n) is 6.84. The molecule has 1 fully saturated rings. The number of furan rings is 1. The topological polar surface area (TPSA) is 30.2 Å². The summed E-state index contributed by atoms with van der Waals surface area (Å²) in [6.07, 6.45) is 0. The van der Waals surface area contributed by atoms with Crippen LogP contribution in [0.1, 0.15) is 43.8 Å². The van der Waals surface area contributed by atoms with Crippen LogP contribution in [0.2, 0.25) is 0 Å². The molecule has 0 spiro atoms. The van der Waals surface area contributed by atoms with Crippen LogP contribution in [0.4, 0.5) is 0 Å². The summed E-state index contributed by atoms with van der Waals surface area (Å²) in [6, 6.07) is 7.87. The van der Waals surface area contributed by atoms with Crippen LogP contribution < -0.4 is 0 Å². The third-order valence-corrected chi connectivity index (χ3v) is 5.27. The molecule has 0 unspecified atom stereocenters. The van der Waals surface area contributed by atoms with Crippen LogP contribution in [-0.4, -0.2) is 5.78 Å². The average molecular weight is 256 g/mol. The number of Topliss-reactive ketones (excluding diaryl/α,β-unsaturated/α-hetero) is 1. The van der Waals surface area contributed by atoms with Crippen molar-refractivity contribution in [3.05, 3.63) is 35.6 Å². The molecular formula is C17H20O2. The first-order valence-electron chi connectivity index (χ1n) is 6.80. The summed E-state index contributed by atoms with van der Waals surface area (Å²) in [5, 5.41) is 1.01. The van der Waals surface area contributed by atoms with Crippen LogP contribution in [-0.2, 0) is 0 Å². The zero-order valence-electron chi connectivity index (χ0n) is 12.2. The van der Waals surface area contributed by atoms with Gasteiger partial charge in [-0.05, 0) is 29.4 Å². The Morgan fingerprint density at radius 1 is 1.16 bits per heavy atom. The molecule has 1 aliphatic carbocycles. The summed E-state index contributed by atoms with van der Waals surface area (Å²) >= 11 is 0. The predicted molar refractivity (Wildman–Crippen MR) is 76.3 cm³/mol. The lowest BCUT2D eigenvalue weighted by Gasteiger charge is -2.03. The molecule has 0 aliphatic heterocycles. The molecule has 2 aromatic rings. The average Bonchev–Trinajstić information content (AvgIpc) is 2.67. The number of carbonyl (C=O) groups is 1. The van der Waals surface area contributed by atoms with Gasteiger partial charge in [0.1, 0.15) is 5.58 Å². The quantitative estimate of drug-likeness (QED) is 0.735. The molecule has 0 N–H and O–H groups in total. The fraction of sp³-hybridized carbons (Fsp3) is 0.471. The highest BCUT2D eigenvalue weighted by molar-refractivity contribution is 6.02. The van der Waals surface area contributed by atoms with Crippen LogP contribution >= 0.6 is 0 Å². The summed E-state index contributed by atoms with van der Waals surface area (Å²) in [7, 11) is 0. The number of ketones is 1. The van der Waals surface area contributed by atoms with Crippen molar-refractivity contribution < 1.29 is 9.21 Å². The molecule has 19 heavy (non-hydrogen) atoms. The van der Waals surface area contributed by atoms with Crippen LogP contribution in [0.25, 0.3) is 11.0 Å². The summed E-state index contributed by atoms with van der Waals surface area (Å²) in [6.45, 7) is 10.6.